The molecule has 2 unspecified atom stereocenters. The van der Waals surface area contributed by atoms with Crippen LogP contribution in [-0.4, -0.2) is 35.1 Å². The lowest BCUT2D eigenvalue weighted by atomic mass is 10.1. The number of hydrogen-bond donors (Lipinski definition) is 1. The number of aliphatic hydroxyl groups is 1. The molecule has 2 rings (SSSR count). The fourth-order valence-electron chi connectivity index (χ4n) is 2.43. The van der Waals surface area contributed by atoms with Crippen LogP contribution in [0.1, 0.15) is 12.0 Å². The maximum Gasteiger partial charge on any atom is 0.223 e. The number of amides is 1. The summed E-state index contributed by atoms with van der Waals surface area (Å²) in [5.74, 6) is 0.345. The van der Waals surface area contributed by atoms with Crippen molar-refractivity contribution < 1.29 is 9.90 Å². The first-order valence-corrected chi connectivity index (χ1v) is 6.31. The van der Waals surface area contributed by atoms with E-state index in [4.69, 9.17) is 0 Å². The van der Waals surface area contributed by atoms with Gasteiger partial charge in [-0.3, -0.25) is 4.79 Å². The van der Waals surface area contributed by atoms with Crippen LogP contribution in [0.15, 0.2) is 43.0 Å². The van der Waals surface area contributed by atoms with Crippen molar-refractivity contribution in [2.75, 3.05) is 13.2 Å². The number of carbonyl (C=O) groups excluding carboxylic acids is 1. The van der Waals surface area contributed by atoms with Gasteiger partial charge in [-0.1, -0.05) is 36.4 Å². The van der Waals surface area contributed by atoms with Crippen LogP contribution in [0.2, 0.25) is 0 Å². The van der Waals surface area contributed by atoms with E-state index in [0.29, 0.717) is 19.4 Å². The summed E-state index contributed by atoms with van der Waals surface area (Å²) >= 11 is 0. The quantitative estimate of drug-likeness (QED) is 0.801. The Labute approximate surface area is 108 Å². The van der Waals surface area contributed by atoms with Crippen molar-refractivity contribution in [3.63, 3.8) is 0 Å². The molecule has 1 saturated heterocycles. The average molecular weight is 245 g/mol. The summed E-state index contributed by atoms with van der Waals surface area (Å²) in [6.45, 7) is 4.42. The number of nitrogens with zero attached hydrogens (tertiary/aromatic N) is 1. The Kier molecular flexibility index (Phi) is 4.15. The Balaban J connectivity index is 2.05. The standard InChI is InChI=1S/C15H19NO2/c1-2-12-9-15(18)16(10-12)14(11-17)8-13-6-4-3-5-7-13/h2-7,12,14,17H,1,8-11H2. The SMILES string of the molecule is C=CC1CC(=O)N(C(CO)Cc2ccccc2)C1. The van der Waals surface area contributed by atoms with Gasteiger partial charge in [-0.05, 0) is 12.0 Å². The molecule has 0 aliphatic carbocycles. The van der Waals surface area contributed by atoms with Gasteiger partial charge in [0, 0.05) is 18.9 Å². The molecule has 1 fully saturated rings. The minimum atomic E-state index is -0.121. The van der Waals surface area contributed by atoms with Crippen molar-refractivity contribution in [1.82, 2.24) is 4.90 Å². The van der Waals surface area contributed by atoms with Gasteiger partial charge in [0.15, 0.2) is 0 Å². The van der Waals surface area contributed by atoms with E-state index in [1.807, 2.05) is 36.4 Å². The molecule has 2 atom stereocenters. The van der Waals surface area contributed by atoms with E-state index in [9.17, 15) is 9.90 Å². The van der Waals surface area contributed by atoms with Crippen LogP contribution in [0.25, 0.3) is 0 Å². The predicted molar refractivity (Wildman–Crippen MR) is 71.0 cm³/mol. The van der Waals surface area contributed by atoms with Gasteiger partial charge in [0.1, 0.15) is 0 Å². The second kappa shape index (κ2) is 5.83. The summed E-state index contributed by atoms with van der Waals surface area (Å²) in [6.07, 6.45) is 3.05. The fourth-order valence-corrected chi connectivity index (χ4v) is 2.43. The van der Waals surface area contributed by atoms with Crippen molar-refractivity contribution in [3.05, 3.63) is 48.6 Å². The van der Waals surface area contributed by atoms with Crippen molar-refractivity contribution in [3.8, 4) is 0 Å². The second-order valence-corrected chi connectivity index (χ2v) is 4.77. The zero-order chi connectivity index (χ0) is 13.0. The van der Waals surface area contributed by atoms with Gasteiger partial charge < -0.3 is 10.0 Å². The third-order valence-electron chi connectivity index (χ3n) is 3.49. The van der Waals surface area contributed by atoms with Crippen LogP contribution in [-0.2, 0) is 11.2 Å². The van der Waals surface area contributed by atoms with Gasteiger partial charge >= 0.3 is 0 Å². The summed E-state index contributed by atoms with van der Waals surface area (Å²) in [6, 6.07) is 9.84. The lowest BCUT2D eigenvalue weighted by molar-refractivity contribution is -0.130. The molecule has 1 aromatic rings. The third-order valence-corrected chi connectivity index (χ3v) is 3.49. The summed E-state index contributed by atoms with van der Waals surface area (Å²) in [5, 5.41) is 9.50. The molecule has 96 valence electrons. The molecule has 0 aromatic heterocycles. The molecule has 1 heterocycles. The van der Waals surface area contributed by atoms with Crippen LogP contribution in [0.5, 0.6) is 0 Å². The van der Waals surface area contributed by atoms with Crippen molar-refractivity contribution in [2.24, 2.45) is 5.92 Å². The van der Waals surface area contributed by atoms with E-state index < -0.39 is 0 Å². The van der Waals surface area contributed by atoms with Gasteiger partial charge in [0.2, 0.25) is 5.91 Å². The summed E-state index contributed by atoms with van der Waals surface area (Å²) in [7, 11) is 0. The molecule has 1 amide bonds. The molecular formula is C15H19NO2. The Morgan fingerprint density at radius 2 is 2.17 bits per heavy atom. The number of hydrogen-bond acceptors (Lipinski definition) is 2. The highest BCUT2D eigenvalue weighted by molar-refractivity contribution is 5.79. The molecule has 0 spiro atoms. The largest absolute Gasteiger partial charge is 0.394 e. The topological polar surface area (TPSA) is 40.5 Å². The zero-order valence-electron chi connectivity index (χ0n) is 10.5. The van der Waals surface area contributed by atoms with Crippen LogP contribution < -0.4 is 0 Å². The highest BCUT2D eigenvalue weighted by Gasteiger charge is 2.32. The number of carbonyl (C=O) groups is 1. The van der Waals surface area contributed by atoms with Gasteiger partial charge in [-0.25, -0.2) is 0 Å². The minimum absolute atomic E-state index is 0.00446. The smallest absolute Gasteiger partial charge is 0.223 e. The highest BCUT2D eigenvalue weighted by atomic mass is 16.3. The van der Waals surface area contributed by atoms with E-state index in [2.05, 4.69) is 6.58 Å². The van der Waals surface area contributed by atoms with E-state index in [1.165, 1.54) is 0 Å². The first-order chi connectivity index (χ1) is 8.74. The number of benzene rings is 1. The molecule has 0 saturated carbocycles. The maximum absolute atomic E-state index is 11.9. The molecule has 3 heteroatoms. The number of likely N-dealkylation sites (tertiary alicyclic amines) is 1. The zero-order valence-corrected chi connectivity index (χ0v) is 10.5. The molecule has 0 bridgehead atoms. The Morgan fingerprint density at radius 1 is 1.44 bits per heavy atom. The minimum Gasteiger partial charge on any atom is -0.394 e. The summed E-state index contributed by atoms with van der Waals surface area (Å²) < 4.78 is 0. The summed E-state index contributed by atoms with van der Waals surface area (Å²) in [4.78, 5) is 13.7. The second-order valence-electron chi connectivity index (χ2n) is 4.77. The van der Waals surface area contributed by atoms with Crippen molar-refractivity contribution >= 4 is 5.91 Å². The lowest BCUT2D eigenvalue weighted by Gasteiger charge is -2.26. The van der Waals surface area contributed by atoms with E-state index in [-0.39, 0.29) is 24.5 Å². The molecule has 1 aliphatic rings. The molecule has 3 nitrogen and oxygen atoms in total. The molecule has 18 heavy (non-hydrogen) atoms. The first kappa shape index (κ1) is 12.8. The average Bonchev–Trinajstić information content (AvgIpc) is 2.78. The molecule has 1 N–H and O–H groups in total. The van der Waals surface area contributed by atoms with Crippen LogP contribution in [0.3, 0.4) is 0 Å². The predicted octanol–water partition coefficient (Wildman–Crippen LogP) is 1.62. The molecular weight excluding hydrogens is 226 g/mol. The van der Waals surface area contributed by atoms with Gasteiger partial charge in [-0.2, -0.15) is 0 Å². The highest BCUT2D eigenvalue weighted by Crippen LogP contribution is 2.22. The lowest BCUT2D eigenvalue weighted by Crippen LogP contribution is -2.40. The van der Waals surface area contributed by atoms with E-state index in [0.717, 1.165) is 5.56 Å². The van der Waals surface area contributed by atoms with Crippen molar-refractivity contribution in [2.45, 2.75) is 18.9 Å². The number of aliphatic hydroxyl groups excluding tert-OH is 1. The third kappa shape index (κ3) is 2.79. The Bertz CT molecular complexity index is 416. The molecule has 1 aliphatic heterocycles. The van der Waals surface area contributed by atoms with E-state index >= 15 is 0 Å². The molecule has 1 aromatic carbocycles. The Morgan fingerprint density at radius 3 is 2.72 bits per heavy atom. The van der Waals surface area contributed by atoms with E-state index in [1.54, 1.807) is 4.90 Å². The monoisotopic (exact) mass is 245 g/mol. The summed E-state index contributed by atoms with van der Waals surface area (Å²) in [5.41, 5.74) is 1.14. The van der Waals surface area contributed by atoms with Gasteiger partial charge in [-0.15, -0.1) is 6.58 Å². The van der Waals surface area contributed by atoms with Gasteiger partial charge in [0.25, 0.3) is 0 Å². The molecule has 0 radical (unpaired) electrons. The Hall–Kier alpha value is -1.61. The normalized spacial score (nSPS) is 21.1. The maximum atomic E-state index is 11.9. The van der Waals surface area contributed by atoms with Crippen LogP contribution in [0.4, 0.5) is 0 Å². The van der Waals surface area contributed by atoms with Crippen LogP contribution >= 0.6 is 0 Å². The number of rotatable bonds is 5. The van der Waals surface area contributed by atoms with Crippen molar-refractivity contribution in [1.29, 1.82) is 0 Å². The van der Waals surface area contributed by atoms with Crippen LogP contribution in [0, 0.1) is 5.92 Å². The van der Waals surface area contributed by atoms with Gasteiger partial charge in [0.05, 0.1) is 12.6 Å². The fraction of sp³-hybridized carbons (Fsp3) is 0.400. The first-order valence-electron chi connectivity index (χ1n) is 6.31.